The molecule has 23 heavy (non-hydrogen) atoms. The van der Waals surface area contributed by atoms with Gasteiger partial charge in [-0.3, -0.25) is 4.79 Å². The third kappa shape index (κ3) is 4.59. The number of carbonyl (C=O) groups excluding carboxylic acids is 1. The van der Waals surface area contributed by atoms with Gasteiger partial charge in [0.25, 0.3) is 0 Å². The minimum Gasteiger partial charge on any atom is -0.324 e. The average molecular weight is 366 g/mol. The molecule has 0 heterocycles. The lowest BCUT2D eigenvalue weighted by Gasteiger charge is -2.12. The molecular weight excluding hydrogens is 357 g/mol. The average Bonchev–Trinajstić information content (AvgIpc) is 2.43. The molecule has 0 aliphatic rings. The van der Waals surface area contributed by atoms with Crippen molar-refractivity contribution in [2.24, 2.45) is 0 Å². The smallest absolute Gasteiger partial charge is 0.324 e. The Morgan fingerprint density at radius 2 is 1.78 bits per heavy atom. The quantitative estimate of drug-likeness (QED) is 0.731. The van der Waals surface area contributed by atoms with Crippen LogP contribution in [0.3, 0.4) is 0 Å². The van der Waals surface area contributed by atoms with Crippen LogP contribution in [0.2, 0.25) is 10.0 Å². The van der Waals surface area contributed by atoms with Crippen LogP contribution in [0.5, 0.6) is 0 Å². The molecule has 0 spiro atoms. The number of hydrogen-bond donors (Lipinski definition) is 1. The van der Waals surface area contributed by atoms with E-state index in [-0.39, 0.29) is 27.7 Å². The number of amides is 1. The Balaban J connectivity index is 2.17. The fraction of sp³-hybridized carbons (Fsp3) is 0.133. The summed E-state index contributed by atoms with van der Waals surface area (Å²) in [5.74, 6) is -1.38. The van der Waals surface area contributed by atoms with Crippen LogP contribution in [0.4, 0.5) is 23.2 Å². The Hall–Kier alpha value is -1.79. The van der Waals surface area contributed by atoms with E-state index in [1.54, 1.807) is 0 Å². The lowest BCUT2D eigenvalue weighted by Crippen LogP contribution is -2.16. The predicted molar refractivity (Wildman–Crippen MR) is 80.2 cm³/mol. The molecule has 0 bridgehead atoms. The second kappa shape index (κ2) is 6.76. The van der Waals surface area contributed by atoms with Gasteiger partial charge in [0, 0.05) is 5.02 Å². The van der Waals surface area contributed by atoms with Gasteiger partial charge in [0.1, 0.15) is 5.82 Å². The first-order valence-corrected chi connectivity index (χ1v) is 7.03. The van der Waals surface area contributed by atoms with Crippen molar-refractivity contribution in [3.8, 4) is 0 Å². The van der Waals surface area contributed by atoms with Gasteiger partial charge in [0.15, 0.2) is 0 Å². The highest BCUT2D eigenvalue weighted by Gasteiger charge is 2.31. The van der Waals surface area contributed by atoms with E-state index in [2.05, 4.69) is 5.32 Å². The third-order valence-electron chi connectivity index (χ3n) is 2.93. The monoisotopic (exact) mass is 365 g/mol. The highest BCUT2D eigenvalue weighted by molar-refractivity contribution is 6.33. The summed E-state index contributed by atoms with van der Waals surface area (Å²) in [6.07, 6.45) is -4.93. The molecule has 0 saturated heterocycles. The van der Waals surface area contributed by atoms with E-state index in [0.29, 0.717) is 0 Å². The van der Waals surface area contributed by atoms with Crippen LogP contribution in [0, 0.1) is 5.82 Å². The van der Waals surface area contributed by atoms with E-state index in [1.807, 2.05) is 0 Å². The molecule has 0 saturated carbocycles. The molecule has 1 N–H and O–H groups in total. The molecule has 2 aromatic rings. The van der Waals surface area contributed by atoms with Gasteiger partial charge in [-0.1, -0.05) is 29.3 Å². The Labute approximate surface area is 139 Å². The zero-order valence-corrected chi connectivity index (χ0v) is 12.9. The van der Waals surface area contributed by atoms with Crippen LogP contribution in [-0.4, -0.2) is 5.91 Å². The minimum atomic E-state index is -4.56. The fourth-order valence-electron chi connectivity index (χ4n) is 1.83. The molecule has 2 aromatic carbocycles. The number of benzene rings is 2. The first-order chi connectivity index (χ1) is 10.7. The highest BCUT2D eigenvalue weighted by Crippen LogP contribution is 2.33. The summed E-state index contributed by atoms with van der Waals surface area (Å²) in [7, 11) is 0. The van der Waals surface area contributed by atoms with Crippen molar-refractivity contribution < 1.29 is 22.4 Å². The molecule has 2 rings (SSSR count). The number of hydrogen-bond acceptors (Lipinski definition) is 1. The Morgan fingerprint density at radius 1 is 1.09 bits per heavy atom. The molecule has 122 valence electrons. The Kier molecular flexibility index (Phi) is 5.16. The fourth-order valence-corrected chi connectivity index (χ4v) is 2.15. The maximum absolute atomic E-state index is 13.6. The van der Waals surface area contributed by atoms with Crippen molar-refractivity contribution in [3.05, 3.63) is 63.4 Å². The van der Waals surface area contributed by atoms with E-state index in [4.69, 9.17) is 23.2 Å². The number of nitrogens with one attached hydrogen (secondary N) is 1. The minimum absolute atomic E-state index is 0.0528. The summed E-state index contributed by atoms with van der Waals surface area (Å²) in [6.45, 7) is 0. The molecule has 0 aliphatic heterocycles. The number of carbonyl (C=O) groups is 1. The SMILES string of the molecule is O=C(Cc1ccc(Cl)cc1F)Nc1cc(C(F)(F)F)ccc1Cl. The summed E-state index contributed by atoms with van der Waals surface area (Å²) in [4.78, 5) is 11.9. The molecule has 0 unspecified atom stereocenters. The molecule has 8 heteroatoms. The van der Waals surface area contributed by atoms with Crippen molar-refractivity contribution in [2.45, 2.75) is 12.6 Å². The van der Waals surface area contributed by atoms with Crippen molar-refractivity contribution in [2.75, 3.05) is 5.32 Å². The summed E-state index contributed by atoms with van der Waals surface area (Å²) < 4.78 is 51.6. The van der Waals surface area contributed by atoms with Crippen molar-refractivity contribution in [3.63, 3.8) is 0 Å². The maximum atomic E-state index is 13.6. The van der Waals surface area contributed by atoms with Gasteiger partial charge in [0.05, 0.1) is 22.7 Å². The van der Waals surface area contributed by atoms with E-state index < -0.39 is 23.5 Å². The van der Waals surface area contributed by atoms with E-state index in [9.17, 15) is 22.4 Å². The largest absolute Gasteiger partial charge is 0.416 e. The predicted octanol–water partition coefficient (Wildman–Crippen LogP) is 5.33. The van der Waals surface area contributed by atoms with Crippen LogP contribution in [0.1, 0.15) is 11.1 Å². The van der Waals surface area contributed by atoms with Crippen molar-refractivity contribution in [1.29, 1.82) is 0 Å². The van der Waals surface area contributed by atoms with Gasteiger partial charge >= 0.3 is 6.18 Å². The van der Waals surface area contributed by atoms with Crippen LogP contribution < -0.4 is 5.32 Å². The summed E-state index contributed by atoms with van der Waals surface area (Å²) in [6, 6.07) is 6.33. The second-order valence-corrected chi connectivity index (χ2v) is 5.50. The number of alkyl halides is 3. The summed E-state index contributed by atoms with van der Waals surface area (Å²) >= 11 is 11.4. The zero-order valence-electron chi connectivity index (χ0n) is 11.3. The van der Waals surface area contributed by atoms with Gasteiger partial charge < -0.3 is 5.32 Å². The zero-order chi connectivity index (χ0) is 17.2. The van der Waals surface area contributed by atoms with Crippen LogP contribution in [-0.2, 0) is 17.4 Å². The summed E-state index contributed by atoms with van der Waals surface area (Å²) in [5, 5.41) is 2.36. The number of anilines is 1. The molecule has 0 atom stereocenters. The maximum Gasteiger partial charge on any atom is 0.416 e. The number of rotatable bonds is 3. The Bertz CT molecular complexity index is 747. The Morgan fingerprint density at radius 3 is 2.39 bits per heavy atom. The molecule has 0 aliphatic carbocycles. The van der Waals surface area contributed by atoms with Gasteiger partial charge in [-0.05, 0) is 35.9 Å². The second-order valence-electron chi connectivity index (χ2n) is 4.65. The topological polar surface area (TPSA) is 29.1 Å². The molecule has 2 nitrogen and oxygen atoms in total. The number of halogens is 6. The highest BCUT2D eigenvalue weighted by atomic mass is 35.5. The van der Waals surface area contributed by atoms with E-state index in [0.717, 1.165) is 24.3 Å². The van der Waals surface area contributed by atoms with E-state index in [1.165, 1.54) is 12.1 Å². The first-order valence-electron chi connectivity index (χ1n) is 6.27. The third-order valence-corrected chi connectivity index (χ3v) is 3.50. The van der Waals surface area contributed by atoms with Crippen LogP contribution in [0.15, 0.2) is 36.4 Å². The molecule has 0 radical (unpaired) electrons. The standard InChI is InChI=1S/C15H9Cl2F4NO/c16-10-3-1-8(12(18)7-10)5-14(23)22-13-6-9(15(19,20)21)2-4-11(13)17/h1-4,6-7H,5H2,(H,22,23). The van der Waals surface area contributed by atoms with Gasteiger partial charge in [0.2, 0.25) is 5.91 Å². The van der Waals surface area contributed by atoms with E-state index >= 15 is 0 Å². The van der Waals surface area contributed by atoms with Gasteiger partial charge in [-0.25, -0.2) is 4.39 Å². The van der Waals surface area contributed by atoms with Gasteiger partial charge in [-0.2, -0.15) is 13.2 Å². The first kappa shape index (κ1) is 17.6. The van der Waals surface area contributed by atoms with Crippen LogP contribution in [0.25, 0.3) is 0 Å². The normalized spacial score (nSPS) is 11.4. The van der Waals surface area contributed by atoms with Crippen molar-refractivity contribution >= 4 is 34.8 Å². The van der Waals surface area contributed by atoms with Gasteiger partial charge in [-0.15, -0.1) is 0 Å². The molecule has 1 amide bonds. The molecular formula is C15H9Cl2F4NO. The lowest BCUT2D eigenvalue weighted by molar-refractivity contribution is -0.137. The lowest BCUT2D eigenvalue weighted by atomic mass is 10.1. The molecule has 0 aromatic heterocycles. The van der Waals surface area contributed by atoms with Crippen LogP contribution >= 0.6 is 23.2 Å². The van der Waals surface area contributed by atoms with Crippen molar-refractivity contribution in [1.82, 2.24) is 0 Å². The summed E-state index contributed by atoms with van der Waals surface area (Å²) in [5.41, 5.74) is -1.08. The molecule has 0 fully saturated rings.